The number of rotatable bonds is 3. The molecular formula is C21H24N2O2. The van der Waals surface area contributed by atoms with Crippen LogP contribution in [0.25, 0.3) is 6.08 Å². The molecule has 1 aromatic carbocycles. The predicted molar refractivity (Wildman–Crippen MR) is 95.3 cm³/mol. The minimum Gasteiger partial charge on any atom is -0.457 e. The lowest BCUT2D eigenvalue weighted by atomic mass is 9.93. The number of piperidine rings is 1. The van der Waals surface area contributed by atoms with Gasteiger partial charge in [0.05, 0.1) is 24.1 Å². The average Bonchev–Trinajstić information content (AvgIpc) is 3.23. The fraction of sp³-hybridized carbons (Fsp3) is 0.524. The first kappa shape index (κ1) is 16.2. The van der Waals surface area contributed by atoms with Gasteiger partial charge in [-0.25, -0.2) is 0 Å². The van der Waals surface area contributed by atoms with Gasteiger partial charge in [-0.2, -0.15) is 5.26 Å². The van der Waals surface area contributed by atoms with Crippen molar-refractivity contribution in [2.24, 2.45) is 5.92 Å². The highest BCUT2D eigenvalue weighted by molar-refractivity contribution is 5.73. The minimum absolute atomic E-state index is 0.0268. The molecule has 2 aliphatic heterocycles. The number of ether oxygens (including phenoxy) is 1. The van der Waals surface area contributed by atoms with E-state index >= 15 is 0 Å². The molecule has 2 heterocycles. The fourth-order valence-corrected chi connectivity index (χ4v) is 4.50. The Balaban J connectivity index is 1.51. The second-order valence-electron chi connectivity index (χ2n) is 7.66. The van der Waals surface area contributed by atoms with E-state index in [2.05, 4.69) is 17.0 Å². The Morgan fingerprint density at radius 3 is 2.72 bits per heavy atom. The molecule has 1 saturated carbocycles. The van der Waals surface area contributed by atoms with E-state index in [-0.39, 0.29) is 17.5 Å². The van der Waals surface area contributed by atoms with E-state index in [0.717, 1.165) is 63.6 Å². The Labute approximate surface area is 149 Å². The van der Waals surface area contributed by atoms with Crippen LogP contribution >= 0.6 is 0 Å². The van der Waals surface area contributed by atoms with Crippen LogP contribution in [0.2, 0.25) is 0 Å². The van der Waals surface area contributed by atoms with Crippen molar-refractivity contribution < 1.29 is 9.53 Å². The zero-order valence-corrected chi connectivity index (χ0v) is 14.5. The quantitative estimate of drug-likeness (QED) is 0.786. The normalized spacial score (nSPS) is 27.5. The Bertz CT molecular complexity index is 725. The Kier molecular flexibility index (Phi) is 4.25. The lowest BCUT2D eigenvalue weighted by Gasteiger charge is -2.34. The van der Waals surface area contributed by atoms with Crippen LogP contribution in [0.4, 0.5) is 0 Å². The highest BCUT2D eigenvalue weighted by Crippen LogP contribution is 2.42. The zero-order chi connectivity index (χ0) is 17.3. The smallest absolute Gasteiger partial charge is 0.309 e. The molecule has 130 valence electrons. The van der Waals surface area contributed by atoms with Crippen molar-refractivity contribution in [2.75, 3.05) is 13.1 Å². The summed E-state index contributed by atoms with van der Waals surface area (Å²) in [5.74, 6) is 0.148. The van der Waals surface area contributed by atoms with E-state index < -0.39 is 0 Å². The first-order valence-electron chi connectivity index (χ1n) is 9.36. The van der Waals surface area contributed by atoms with Gasteiger partial charge in [0.25, 0.3) is 0 Å². The Morgan fingerprint density at radius 1 is 1.24 bits per heavy atom. The van der Waals surface area contributed by atoms with Gasteiger partial charge in [-0.05, 0) is 49.5 Å². The summed E-state index contributed by atoms with van der Waals surface area (Å²) in [7, 11) is 0. The number of nitriles is 1. The number of hydrogen-bond donors (Lipinski definition) is 0. The van der Waals surface area contributed by atoms with Gasteiger partial charge in [0.1, 0.15) is 5.60 Å². The maximum Gasteiger partial charge on any atom is 0.309 e. The summed E-state index contributed by atoms with van der Waals surface area (Å²) in [5.41, 5.74) is 2.70. The van der Waals surface area contributed by atoms with Crippen LogP contribution in [-0.4, -0.2) is 29.6 Å². The Morgan fingerprint density at radius 2 is 2.00 bits per heavy atom. The van der Waals surface area contributed by atoms with Gasteiger partial charge >= 0.3 is 5.97 Å². The van der Waals surface area contributed by atoms with Gasteiger partial charge in [-0.3, -0.25) is 4.79 Å². The fourth-order valence-electron chi connectivity index (χ4n) is 4.50. The van der Waals surface area contributed by atoms with Gasteiger partial charge in [0.2, 0.25) is 0 Å². The van der Waals surface area contributed by atoms with Crippen LogP contribution in [-0.2, 0) is 9.53 Å². The first-order valence-corrected chi connectivity index (χ1v) is 9.36. The second kappa shape index (κ2) is 6.55. The van der Waals surface area contributed by atoms with E-state index in [0.29, 0.717) is 5.56 Å². The third-order valence-electron chi connectivity index (χ3n) is 5.83. The molecule has 2 saturated heterocycles. The van der Waals surface area contributed by atoms with E-state index in [4.69, 9.17) is 10.00 Å². The van der Waals surface area contributed by atoms with Crippen molar-refractivity contribution in [1.82, 2.24) is 4.90 Å². The van der Waals surface area contributed by atoms with Crippen molar-refractivity contribution in [3.05, 3.63) is 41.1 Å². The van der Waals surface area contributed by atoms with Crippen molar-refractivity contribution >= 4 is 12.0 Å². The summed E-state index contributed by atoms with van der Waals surface area (Å²) in [6.07, 6.45) is 9.32. The van der Waals surface area contributed by atoms with Crippen molar-refractivity contribution in [3.63, 3.8) is 0 Å². The number of esters is 1. The van der Waals surface area contributed by atoms with Crippen LogP contribution in [0.5, 0.6) is 0 Å². The lowest BCUT2D eigenvalue weighted by Crippen LogP contribution is -2.43. The molecule has 0 aromatic heterocycles. The summed E-state index contributed by atoms with van der Waals surface area (Å²) in [4.78, 5) is 14.9. The highest BCUT2D eigenvalue weighted by atomic mass is 16.6. The molecule has 4 nitrogen and oxygen atoms in total. The Hall–Kier alpha value is -2.28. The number of nitrogens with zero attached hydrogens (tertiary/aromatic N) is 2. The summed E-state index contributed by atoms with van der Waals surface area (Å²) < 4.78 is 6.09. The second-order valence-corrected chi connectivity index (χ2v) is 7.66. The summed E-state index contributed by atoms with van der Waals surface area (Å²) in [6.45, 7) is 1.86. The topological polar surface area (TPSA) is 53.3 Å². The molecule has 3 aliphatic rings. The highest BCUT2D eigenvalue weighted by Gasteiger charge is 2.47. The number of carbonyl (C=O) groups excluding carboxylic acids is 1. The van der Waals surface area contributed by atoms with Crippen LogP contribution in [0.1, 0.15) is 56.1 Å². The summed E-state index contributed by atoms with van der Waals surface area (Å²) in [5, 5.41) is 8.92. The van der Waals surface area contributed by atoms with E-state index in [1.54, 1.807) is 0 Å². The molecule has 4 rings (SSSR count). The first-order chi connectivity index (χ1) is 12.2. The number of carbonyl (C=O) groups is 1. The van der Waals surface area contributed by atoms with Crippen LogP contribution in [0.15, 0.2) is 30.0 Å². The van der Waals surface area contributed by atoms with Crippen molar-refractivity contribution in [2.45, 2.75) is 50.5 Å². The van der Waals surface area contributed by atoms with Crippen LogP contribution < -0.4 is 0 Å². The molecule has 1 unspecified atom stereocenters. The monoisotopic (exact) mass is 336 g/mol. The van der Waals surface area contributed by atoms with Crippen molar-refractivity contribution in [1.29, 1.82) is 5.26 Å². The lowest BCUT2D eigenvalue weighted by molar-refractivity contribution is -0.165. The van der Waals surface area contributed by atoms with Gasteiger partial charge in [-0.15, -0.1) is 0 Å². The molecule has 0 spiro atoms. The molecule has 0 radical (unpaired) electrons. The van der Waals surface area contributed by atoms with E-state index in [9.17, 15) is 4.79 Å². The standard InChI is InChI=1S/C21H24N2O2/c22-14-17-8-6-16(7-9-17)12-19-13-21(10-3-11-23(19)15-21)25-20(24)18-4-1-2-5-18/h6-9,12,18H,1-5,10-11,13,15H2/b19-12+. The van der Waals surface area contributed by atoms with Crippen LogP contribution in [0.3, 0.4) is 0 Å². The zero-order valence-electron chi connectivity index (χ0n) is 14.5. The maximum atomic E-state index is 12.5. The molecule has 2 bridgehead atoms. The average molecular weight is 336 g/mol. The molecule has 0 amide bonds. The molecule has 0 N–H and O–H groups in total. The molecule has 1 aromatic rings. The number of benzene rings is 1. The molecular weight excluding hydrogens is 312 g/mol. The SMILES string of the molecule is N#Cc1ccc(/C=C2\CC3(OC(=O)C4CCCC4)CCCN2C3)cc1. The molecule has 1 aliphatic carbocycles. The largest absolute Gasteiger partial charge is 0.457 e. The van der Waals surface area contributed by atoms with Gasteiger partial charge in [0, 0.05) is 18.7 Å². The summed E-state index contributed by atoms with van der Waals surface area (Å²) in [6, 6.07) is 9.80. The van der Waals surface area contributed by atoms with Gasteiger partial charge < -0.3 is 9.64 Å². The summed E-state index contributed by atoms with van der Waals surface area (Å²) >= 11 is 0. The number of hydrogen-bond acceptors (Lipinski definition) is 4. The minimum atomic E-state index is -0.323. The van der Waals surface area contributed by atoms with E-state index in [1.807, 2.05) is 24.3 Å². The molecule has 1 atom stereocenters. The third kappa shape index (κ3) is 3.28. The van der Waals surface area contributed by atoms with Crippen LogP contribution in [0, 0.1) is 17.2 Å². The molecule has 3 fully saturated rings. The van der Waals surface area contributed by atoms with Gasteiger partial charge in [-0.1, -0.05) is 25.0 Å². The molecule has 25 heavy (non-hydrogen) atoms. The van der Waals surface area contributed by atoms with Crippen molar-refractivity contribution in [3.8, 4) is 6.07 Å². The predicted octanol–water partition coefficient (Wildman–Crippen LogP) is 3.87. The van der Waals surface area contributed by atoms with Gasteiger partial charge in [0.15, 0.2) is 0 Å². The molecule has 4 heteroatoms. The third-order valence-corrected chi connectivity index (χ3v) is 5.83. The maximum absolute atomic E-state index is 12.5. The van der Waals surface area contributed by atoms with E-state index in [1.165, 1.54) is 5.70 Å². The number of fused-ring (bicyclic) bond motifs is 2.